The highest BCUT2D eigenvalue weighted by atomic mass is 35.5. The number of ether oxygens (including phenoxy) is 1. The number of nitro benzene ring substituents is 1. The minimum atomic E-state index is -3.94. The first-order valence-electron chi connectivity index (χ1n) is 6.75. The van der Waals surface area contributed by atoms with Crippen molar-refractivity contribution >= 4 is 28.1 Å². The molecule has 0 radical (unpaired) electrons. The van der Waals surface area contributed by atoms with E-state index in [9.17, 15) is 18.5 Å². The van der Waals surface area contributed by atoms with Gasteiger partial charge in [-0.05, 0) is 25.0 Å². The van der Waals surface area contributed by atoms with Crippen molar-refractivity contribution in [2.24, 2.45) is 0 Å². The van der Waals surface area contributed by atoms with Crippen LogP contribution in [0.3, 0.4) is 0 Å². The highest BCUT2D eigenvalue weighted by Gasteiger charge is 2.28. The molecule has 0 aliphatic heterocycles. The number of nitrogens with zero attached hydrogens (tertiary/aromatic N) is 1. The number of methoxy groups -OCH3 is 1. The predicted octanol–water partition coefficient (Wildman–Crippen LogP) is 1.15. The van der Waals surface area contributed by atoms with Gasteiger partial charge in [0.1, 0.15) is 0 Å². The van der Waals surface area contributed by atoms with Crippen molar-refractivity contribution in [1.29, 1.82) is 0 Å². The first kappa shape index (κ1) is 21.7. The molecule has 0 fully saturated rings. The van der Waals surface area contributed by atoms with Crippen LogP contribution in [-0.2, 0) is 14.8 Å². The van der Waals surface area contributed by atoms with Crippen molar-refractivity contribution in [2.75, 3.05) is 33.4 Å². The third-order valence-electron chi connectivity index (χ3n) is 3.20. The first-order chi connectivity index (χ1) is 10.3. The fourth-order valence-corrected chi connectivity index (χ4v) is 3.40. The van der Waals surface area contributed by atoms with E-state index < -0.39 is 20.6 Å². The summed E-state index contributed by atoms with van der Waals surface area (Å²) in [5.74, 6) is 0. The van der Waals surface area contributed by atoms with Crippen LogP contribution >= 0.6 is 12.4 Å². The maximum absolute atomic E-state index is 12.4. The molecule has 0 aromatic heterocycles. The van der Waals surface area contributed by atoms with Crippen LogP contribution in [0.5, 0.6) is 0 Å². The quantitative estimate of drug-likeness (QED) is 0.385. The Labute approximate surface area is 142 Å². The predicted molar refractivity (Wildman–Crippen MR) is 89.8 cm³/mol. The summed E-state index contributed by atoms with van der Waals surface area (Å²) >= 11 is 0. The van der Waals surface area contributed by atoms with Crippen LogP contribution in [0.2, 0.25) is 0 Å². The Morgan fingerprint density at radius 1 is 1.22 bits per heavy atom. The van der Waals surface area contributed by atoms with E-state index in [0.717, 1.165) is 0 Å². The van der Waals surface area contributed by atoms with Gasteiger partial charge in [-0.15, -0.1) is 12.4 Å². The van der Waals surface area contributed by atoms with Crippen molar-refractivity contribution in [2.45, 2.75) is 18.7 Å². The average Bonchev–Trinajstić information content (AvgIpc) is 2.44. The number of halogens is 1. The Balaban J connectivity index is 0.00000484. The van der Waals surface area contributed by atoms with E-state index in [1.807, 2.05) is 0 Å². The number of hydrogen-bond donors (Lipinski definition) is 2. The molecule has 0 unspecified atom stereocenters. The first-order valence-corrected chi connectivity index (χ1v) is 8.23. The number of nitro groups is 1. The Hall–Kier alpha value is -1.26. The Morgan fingerprint density at radius 3 is 2.43 bits per heavy atom. The van der Waals surface area contributed by atoms with Gasteiger partial charge in [-0.3, -0.25) is 10.1 Å². The zero-order valence-electron chi connectivity index (χ0n) is 13.3. The van der Waals surface area contributed by atoms with Crippen LogP contribution in [-0.4, -0.2) is 46.7 Å². The van der Waals surface area contributed by atoms with Gasteiger partial charge in [0.25, 0.3) is 5.69 Å². The molecule has 1 aromatic rings. The molecule has 0 saturated heterocycles. The number of nitrogens with one attached hydrogen (secondary N) is 2. The van der Waals surface area contributed by atoms with Crippen LogP contribution < -0.4 is 10.0 Å². The normalized spacial score (nSPS) is 11.1. The molecule has 2 N–H and O–H groups in total. The van der Waals surface area contributed by atoms with Gasteiger partial charge in [-0.25, -0.2) is 13.1 Å². The standard InChI is InChI=1S/C13H21N3O5S.ClH/c1-10-4-5-12(16(17)18)13(11(10)2)22(19,20)15-7-6-14-8-9-21-3;/h4-5,14-15H,6-9H2,1-3H3;1H. The molecule has 0 bridgehead atoms. The van der Waals surface area contributed by atoms with E-state index in [4.69, 9.17) is 4.74 Å². The van der Waals surface area contributed by atoms with Gasteiger partial charge in [0.15, 0.2) is 4.90 Å². The van der Waals surface area contributed by atoms with Crippen molar-refractivity contribution in [3.63, 3.8) is 0 Å². The summed E-state index contributed by atoms with van der Waals surface area (Å²) in [5.41, 5.74) is 0.654. The zero-order valence-corrected chi connectivity index (χ0v) is 14.9. The molecule has 1 aromatic carbocycles. The van der Waals surface area contributed by atoms with Gasteiger partial charge in [0.2, 0.25) is 10.0 Å². The summed E-state index contributed by atoms with van der Waals surface area (Å²) in [6.45, 7) is 4.94. The minimum absolute atomic E-state index is 0. The third-order valence-corrected chi connectivity index (χ3v) is 4.84. The van der Waals surface area contributed by atoms with E-state index >= 15 is 0 Å². The lowest BCUT2D eigenvalue weighted by atomic mass is 10.1. The zero-order chi connectivity index (χ0) is 16.8. The molecule has 0 saturated carbocycles. The lowest BCUT2D eigenvalue weighted by Gasteiger charge is -2.12. The van der Waals surface area contributed by atoms with Gasteiger partial charge < -0.3 is 10.1 Å². The van der Waals surface area contributed by atoms with Gasteiger partial charge in [-0.2, -0.15) is 0 Å². The second-order valence-corrected chi connectivity index (χ2v) is 6.46. The summed E-state index contributed by atoms with van der Waals surface area (Å²) in [5, 5.41) is 14.1. The van der Waals surface area contributed by atoms with Gasteiger partial charge in [0, 0.05) is 32.8 Å². The van der Waals surface area contributed by atoms with E-state index in [1.165, 1.54) is 6.07 Å². The van der Waals surface area contributed by atoms with E-state index in [-0.39, 0.29) is 23.8 Å². The van der Waals surface area contributed by atoms with Crippen LogP contribution in [0.25, 0.3) is 0 Å². The van der Waals surface area contributed by atoms with Crippen molar-refractivity contribution < 1.29 is 18.1 Å². The van der Waals surface area contributed by atoms with Crippen LogP contribution in [0.1, 0.15) is 11.1 Å². The molecule has 1 rings (SSSR count). The lowest BCUT2D eigenvalue weighted by molar-refractivity contribution is -0.387. The molecule has 0 spiro atoms. The molecule has 23 heavy (non-hydrogen) atoms. The molecular weight excluding hydrogens is 346 g/mol. The summed E-state index contributed by atoms with van der Waals surface area (Å²) in [4.78, 5) is 10.1. The summed E-state index contributed by atoms with van der Waals surface area (Å²) in [6.07, 6.45) is 0. The second kappa shape index (κ2) is 9.78. The Bertz CT molecular complexity index is 637. The van der Waals surface area contributed by atoms with Crippen LogP contribution in [0.15, 0.2) is 17.0 Å². The van der Waals surface area contributed by atoms with Crippen molar-refractivity contribution in [3.8, 4) is 0 Å². The van der Waals surface area contributed by atoms with E-state index in [1.54, 1.807) is 27.0 Å². The number of aryl methyl sites for hydroxylation is 1. The van der Waals surface area contributed by atoms with Gasteiger partial charge >= 0.3 is 0 Å². The molecule has 10 heteroatoms. The number of sulfonamides is 1. The third kappa shape index (κ3) is 6.04. The summed E-state index contributed by atoms with van der Waals surface area (Å²) < 4.78 is 31.9. The number of hydrogen-bond acceptors (Lipinski definition) is 6. The van der Waals surface area contributed by atoms with Crippen LogP contribution in [0.4, 0.5) is 5.69 Å². The fourth-order valence-electron chi connectivity index (χ4n) is 1.90. The summed E-state index contributed by atoms with van der Waals surface area (Å²) in [7, 11) is -2.37. The van der Waals surface area contributed by atoms with Gasteiger partial charge in [-0.1, -0.05) is 6.07 Å². The molecule has 0 heterocycles. The molecular formula is C13H22ClN3O5S. The monoisotopic (exact) mass is 367 g/mol. The largest absolute Gasteiger partial charge is 0.383 e. The number of benzene rings is 1. The Kier molecular flexibility index (Phi) is 9.25. The Morgan fingerprint density at radius 2 is 1.87 bits per heavy atom. The van der Waals surface area contributed by atoms with E-state index in [2.05, 4.69) is 10.0 Å². The summed E-state index contributed by atoms with van der Waals surface area (Å²) in [6, 6.07) is 2.76. The average molecular weight is 368 g/mol. The lowest BCUT2D eigenvalue weighted by Crippen LogP contribution is -2.33. The molecule has 0 amide bonds. The van der Waals surface area contributed by atoms with E-state index in [0.29, 0.717) is 30.8 Å². The van der Waals surface area contributed by atoms with Crippen molar-refractivity contribution in [1.82, 2.24) is 10.0 Å². The van der Waals surface area contributed by atoms with Gasteiger partial charge in [0.05, 0.1) is 11.5 Å². The highest BCUT2D eigenvalue weighted by Crippen LogP contribution is 2.28. The fraction of sp³-hybridized carbons (Fsp3) is 0.538. The maximum atomic E-state index is 12.4. The topological polar surface area (TPSA) is 111 Å². The minimum Gasteiger partial charge on any atom is -0.383 e. The molecule has 0 atom stereocenters. The second-order valence-electron chi connectivity index (χ2n) is 4.75. The highest BCUT2D eigenvalue weighted by molar-refractivity contribution is 7.89. The maximum Gasteiger partial charge on any atom is 0.289 e. The smallest absolute Gasteiger partial charge is 0.289 e. The van der Waals surface area contributed by atoms with Crippen molar-refractivity contribution in [3.05, 3.63) is 33.4 Å². The number of rotatable bonds is 9. The molecule has 0 aliphatic carbocycles. The van der Waals surface area contributed by atoms with Crippen LogP contribution in [0, 0.1) is 24.0 Å². The molecule has 132 valence electrons. The molecule has 8 nitrogen and oxygen atoms in total. The molecule has 0 aliphatic rings. The SMILES string of the molecule is COCCNCCNS(=O)(=O)c1c([N+](=O)[O-])ccc(C)c1C.Cl.